The summed E-state index contributed by atoms with van der Waals surface area (Å²) >= 11 is 0. The van der Waals surface area contributed by atoms with E-state index < -0.39 is 0 Å². The summed E-state index contributed by atoms with van der Waals surface area (Å²) in [5, 5.41) is 0. The smallest absolute Gasteiger partial charge is 0.278 e. The van der Waals surface area contributed by atoms with Gasteiger partial charge in [0.25, 0.3) is 5.95 Å². The van der Waals surface area contributed by atoms with Crippen molar-refractivity contribution < 1.29 is 9.47 Å². The van der Waals surface area contributed by atoms with Crippen molar-refractivity contribution in [2.75, 3.05) is 13.2 Å². The average Bonchev–Trinajstić information content (AvgIpc) is 2.04. The molecule has 0 saturated heterocycles. The van der Waals surface area contributed by atoms with Gasteiger partial charge in [0.05, 0.1) is 13.2 Å². The maximum absolute atomic E-state index is 5.48. The van der Waals surface area contributed by atoms with Crippen LogP contribution < -0.4 is 0 Å². The van der Waals surface area contributed by atoms with Crippen LogP contribution in [0.3, 0.4) is 0 Å². The number of rotatable bonds is 0. The van der Waals surface area contributed by atoms with E-state index in [2.05, 4.69) is 13.8 Å². The van der Waals surface area contributed by atoms with Crippen molar-refractivity contribution >= 4 is 0 Å². The average molecular weight is 168 g/mol. The molecule has 68 valence electrons. The fourth-order valence-corrected chi connectivity index (χ4v) is 2.06. The Morgan fingerprint density at radius 3 is 1.92 bits per heavy atom. The van der Waals surface area contributed by atoms with Gasteiger partial charge in [0.15, 0.2) is 0 Å². The molecular formula is C10H16O2. The summed E-state index contributed by atoms with van der Waals surface area (Å²) in [5.74, 6) is 2.15. The zero-order valence-electron chi connectivity index (χ0n) is 7.80. The minimum atomic E-state index is 0.657. The quantitative estimate of drug-likeness (QED) is 0.552. The van der Waals surface area contributed by atoms with Crippen LogP contribution in [0.5, 0.6) is 0 Å². The zero-order chi connectivity index (χ0) is 8.55. The predicted octanol–water partition coefficient (Wildman–Crippen LogP) is 2.31. The number of hydrogen-bond donors (Lipinski definition) is 0. The maximum atomic E-state index is 5.48. The van der Waals surface area contributed by atoms with E-state index >= 15 is 0 Å². The van der Waals surface area contributed by atoms with E-state index in [1.54, 1.807) is 0 Å². The van der Waals surface area contributed by atoms with E-state index in [-0.39, 0.29) is 0 Å². The van der Waals surface area contributed by atoms with Crippen LogP contribution >= 0.6 is 0 Å². The van der Waals surface area contributed by atoms with Gasteiger partial charge in [-0.25, -0.2) is 0 Å². The van der Waals surface area contributed by atoms with Crippen molar-refractivity contribution in [2.24, 2.45) is 11.8 Å². The lowest BCUT2D eigenvalue weighted by molar-refractivity contribution is -0.0105. The van der Waals surface area contributed by atoms with Crippen molar-refractivity contribution in [3.63, 3.8) is 0 Å². The van der Waals surface area contributed by atoms with Crippen LogP contribution in [0.4, 0.5) is 0 Å². The van der Waals surface area contributed by atoms with Gasteiger partial charge in [0, 0.05) is 5.57 Å². The molecule has 0 aromatic carbocycles. The van der Waals surface area contributed by atoms with E-state index in [1.807, 2.05) is 0 Å². The Balaban J connectivity index is 2.27. The second-order valence-corrected chi connectivity index (χ2v) is 3.82. The number of hydrogen-bond acceptors (Lipinski definition) is 2. The van der Waals surface area contributed by atoms with Crippen LogP contribution in [0.2, 0.25) is 0 Å². The van der Waals surface area contributed by atoms with Gasteiger partial charge in [0.1, 0.15) is 0 Å². The van der Waals surface area contributed by atoms with Crippen LogP contribution in [0.25, 0.3) is 0 Å². The van der Waals surface area contributed by atoms with E-state index in [1.165, 1.54) is 5.57 Å². The summed E-state index contributed by atoms with van der Waals surface area (Å²) in [7, 11) is 0. The Bertz CT molecular complexity index is 188. The van der Waals surface area contributed by atoms with Crippen LogP contribution in [-0.2, 0) is 9.47 Å². The van der Waals surface area contributed by atoms with E-state index in [0.717, 1.165) is 32.0 Å². The van der Waals surface area contributed by atoms with Gasteiger partial charge in [-0.05, 0) is 24.7 Å². The molecule has 0 spiro atoms. The van der Waals surface area contributed by atoms with Gasteiger partial charge in [0.2, 0.25) is 0 Å². The van der Waals surface area contributed by atoms with Gasteiger partial charge in [-0.2, -0.15) is 0 Å². The molecule has 0 aliphatic carbocycles. The highest BCUT2D eigenvalue weighted by atomic mass is 16.7. The first kappa shape index (κ1) is 7.96. The zero-order valence-corrected chi connectivity index (χ0v) is 7.80. The Hall–Kier alpha value is -0.660. The number of allylic oxidation sites excluding steroid dienone is 1. The van der Waals surface area contributed by atoms with E-state index in [4.69, 9.17) is 9.47 Å². The minimum absolute atomic E-state index is 0.657. The largest absolute Gasteiger partial charge is 0.465 e. The molecule has 0 aromatic rings. The van der Waals surface area contributed by atoms with Gasteiger partial charge < -0.3 is 9.47 Å². The molecule has 2 aliphatic heterocycles. The predicted molar refractivity (Wildman–Crippen MR) is 46.5 cm³/mol. The third-order valence-electron chi connectivity index (χ3n) is 2.87. The minimum Gasteiger partial charge on any atom is -0.465 e. The van der Waals surface area contributed by atoms with Gasteiger partial charge >= 0.3 is 0 Å². The molecule has 2 heteroatoms. The summed E-state index contributed by atoms with van der Waals surface area (Å²) in [6, 6.07) is 0. The summed E-state index contributed by atoms with van der Waals surface area (Å²) in [6.45, 7) is 6.19. The molecular weight excluding hydrogens is 152 g/mol. The summed E-state index contributed by atoms with van der Waals surface area (Å²) in [6.07, 6.45) is 2.29. The third kappa shape index (κ3) is 1.19. The Morgan fingerprint density at radius 2 is 1.50 bits per heavy atom. The van der Waals surface area contributed by atoms with Crippen molar-refractivity contribution in [3.8, 4) is 0 Å². The highest BCUT2D eigenvalue weighted by Crippen LogP contribution is 2.35. The normalized spacial score (nSPS) is 35.2. The number of ether oxygens (including phenoxy) is 2. The summed E-state index contributed by atoms with van der Waals surface area (Å²) < 4.78 is 11.0. The highest BCUT2D eigenvalue weighted by molar-refractivity contribution is 5.14. The van der Waals surface area contributed by atoms with Crippen LogP contribution in [0.15, 0.2) is 11.5 Å². The summed E-state index contributed by atoms with van der Waals surface area (Å²) in [5.41, 5.74) is 1.41. The molecule has 0 fully saturated rings. The van der Waals surface area contributed by atoms with Gasteiger partial charge in [-0.3, -0.25) is 0 Å². The Labute approximate surface area is 73.5 Å². The fraction of sp³-hybridized carbons (Fsp3) is 0.800. The first-order chi connectivity index (χ1) is 5.79. The molecule has 2 aliphatic rings. The molecule has 0 aromatic heterocycles. The van der Waals surface area contributed by atoms with Crippen LogP contribution in [0.1, 0.15) is 26.7 Å². The maximum Gasteiger partial charge on any atom is 0.278 e. The molecule has 2 atom stereocenters. The Kier molecular flexibility index (Phi) is 1.99. The molecule has 0 bridgehead atoms. The van der Waals surface area contributed by atoms with Crippen LogP contribution in [0, 0.1) is 11.8 Å². The molecule has 12 heavy (non-hydrogen) atoms. The van der Waals surface area contributed by atoms with E-state index in [0.29, 0.717) is 11.8 Å². The lowest BCUT2D eigenvalue weighted by Crippen LogP contribution is -2.25. The lowest BCUT2D eigenvalue weighted by Gasteiger charge is -2.33. The van der Waals surface area contributed by atoms with Gasteiger partial charge in [-0.15, -0.1) is 0 Å². The standard InChI is InChI=1S/C10H16O2/c1-7-3-5-11-10-9(7)8(2)4-6-12-10/h7-8H,3-6H2,1-2H3/t7-,8?/m0/s1. The van der Waals surface area contributed by atoms with Crippen molar-refractivity contribution in [2.45, 2.75) is 26.7 Å². The first-order valence-corrected chi connectivity index (χ1v) is 4.78. The first-order valence-electron chi connectivity index (χ1n) is 4.78. The van der Waals surface area contributed by atoms with Crippen molar-refractivity contribution in [1.29, 1.82) is 0 Å². The SMILES string of the molecule is CC1CCOC2=C1[C@@H](C)CCO2. The van der Waals surface area contributed by atoms with Crippen molar-refractivity contribution in [3.05, 3.63) is 11.5 Å². The molecule has 0 N–H and O–H groups in total. The van der Waals surface area contributed by atoms with E-state index in [9.17, 15) is 0 Å². The van der Waals surface area contributed by atoms with Crippen molar-refractivity contribution in [1.82, 2.24) is 0 Å². The third-order valence-corrected chi connectivity index (χ3v) is 2.87. The Morgan fingerprint density at radius 1 is 1.00 bits per heavy atom. The molecule has 2 heterocycles. The van der Waals surface area contributed by atoms with Crippen LogP contribution in [-0.4, -0.2) is 13.2 Å². The topological polar surface area (TPSA) is 18.5 Å². The lowest BCUT2D eigenvalue weighted by atomic mass is 9.85. The highest BCUT2D eigenvalue weighted by Gasteiger charge is 2.29. The molecule has 0 amide bonds. The molecule has 0 radical (unpaired) electrons. The van der Waals surface area contributed by atoms with Gasteiger partial charge in [-0.1, -0.05) is 13.8 Å². The fourth-order valence-electron chi connectivity index (χ4n) is 2.06. The second-order valence-electron chi connectivity index (χ2n) is 3.82. The monoisotopic (exact) mass is 168 g/mol. The molecule has 0 saturated carbocycles. The molecule has 2 nitrogen and oxygen atoms in total. The molecule has 1 unspecified atom stereocenters. The summed E-state index contributed by atoms with van der Waals surface area (Å²) in [4.78, 5) is 0. The molecule has 2 rings (SSSR count). The second kappa shape index (κ2) is 3.00.